The average Bonchev–Trinajstić information content (AvgIpc) is 3.34. The van der Waals surface area contributed by atoms with Crippen LogP contribution in [0.2, 0.25) is 0 Å². The molecule has 2 fully saturated rings. The maximum absolute atomic E-state index is 13.4. The van der Waals surface area contributed by atoms with Crippen molar-refractivity contribution in [2.45, 2.75) is 57.9 Å². The predicted molar refractivity (Wildman–Crippen MR) is 121 cm³/mol. The van der Waals surface area contributed by atoms with Gasteiger partial charge in [-0.3, -0.25) is 9.59 Å². The molecule has 1 atom stereocenters. The summed E-state index contributed by atoms with van der Waals surface area (Å²) in [6.45, 7) is 5.13. The van der Waals surface area contributed by atoms with E-state index in [0.29, 0.717) is 24.3 Å². The first-order chi connectivity index (χ1) is 15.1. The van der Waals surface area contributed by atoms with Gasteiger partial charge in [-0.05, 0) is 51.0 Å². The van der Waals surface area contributed by atoms with Crippen molar-refractivity contribution in [3.05, 3.63) is 16.8 Å². The molecule has 168 valence electrons. The summed E-state index contributed by atoms with van der Waals surface area (Å²) in [6, 6.07) is 0.104. The number of carbonyl (C=O) groups excluding carboxylic acids is 2. The van der Waals surface area contributed by atoms with Crippen LogP contribution in [0.4, 0.5) is 5.82 Å². The van der Waals surface area contributed by atoms with Gasteiger partial charge in [-0.2, -0.15) is 0 Å². The third kappa shape index (κ3) is 4.67. The van der Waals surface area contributed by atoms with E-state index in [9.17, 15) is 14.7 Å². The number of nitrogens with zero attached hydrogens (tertiary/aromatic N) is 4. The first kappa shape index (κ1) is 22.0. The number of piperidine rings is 1. The molecular weight excluding hydrogens is 414 g/mol. The van der Waals surface area contributed by atoms with E-state index in [-0.39, 0.29) is 24.5 Å². The van der Waals surface area contributed by atoms with E-state index in [4.69, 9.17) is 0 Å². The fourth-order valence-electron chi connectivity index (χ4n) is 4.67. The zero-order valence-corrected chi connectivity index (χ0v) is 18.9. The molecule has 0 aliphatic carbocycles. The highest BCUT2D eigenvalue weighted by Gasteiger charge is 2.30. The monoisotopic (exact) mass is 445 g/mol. The third-order valence-electron chi connectivity index (χ3n) is 6.34. The van der Waals surface area contributed by atoms with E-state index >= 15 is 0 Å². The molecular formula is C22H31N5O3S. The molecule has 2 aliphatic heterocycles. The maximum Gasteiger partial charge on any atom is 0.264 e. The molecule has 2 amide bonds. The van der Waals surface area contributed by atoms with E-state index in [0.717, 1.165) is 73.3 Å². The van der Waals surface area contributed by atoms with Gasteiger partial charge in [-0.15, -0.1) is 11.3 Å². The van der Waals surface area contributed by atoms with Crippen LogP contribution in [-0.4, -0.2) is 75.5 Å². The molecule has 9 heteroatoms. The lowest BCUT2D eigenvalue weighted by atomic mass is 9.99. The smallest absolute Gasteiger partial charge is 0.264 e. The van der Waals surface area contributed by atoms with Crippen LogP contribution in [0.25, 0.3) is 10.2 Å². The van der Waals surface area contributed by atoms with Crippen LogP contribution < -0.4 is 5.32 Å². The number of aryl methyl sites for hydroxylation is 1. The Labute approximate surface area is 186 Å². The van der Waals surface area contributed by atoms with Gasteiger partial charge in [0.25, 0.3) is 5.91 Å². The second kappa shape index (κ2) is 9.91. The Morgan fingerprint density at radius 2 is 2.16 bits per heavy atom. The number of aliphatic hydroxyl groups is 1. The number of rotatable bonds is 8. The predicted octanol–water partition coefficient (Wildman–Crippen LogP) is 2.80. The van der Waals surface area contributed by atoms with Crippen LogP contribution in [0, 0.1) is 6.92 Å². The molecule has 0 spiro atoms. The number of amides is 2. The Kier molecular flexibility index (Phi) is 7.02. The number of nitrogens with one attached hydrogen (secondary N) is 1. The van der Waals surface area contributed by atoms with Gasteiger partial charge in [0.05, 0.1) is 10.3 Å². The van der Waals surface area contributed by atoms with Crippen molar-refractivity contribution >= 4 is 39.2 Å². The molecule has 8 nitrogen and oxygen atoms in total. The zero-order chi connectivity index (χ0) is 21.8. The number of aromatic nitrogens is 2. The van der Waals surface area contributed by atoms with Crippen molar-refractivity contribution in [2.24, 2.45) is 0 Å². The summed E-state index contributed by atoms with van der Waals surface area (Å²) in [4.78, 5) is 39.3. The molecule has 1 unspecified atom stereocenters. The van der Waals surface area contributed by atoms with Crippen LogP contribution in [0.3, 0.4) is 0 Å². The number of fused-ring (bicyclic) bond motifs is 1. The molecule has 0 saturated carbocycles. The van der Waals surface area contributed by atoms with E-state index < -0.39 is 0 Å². The number of carbonyl (C=O) groups is 2. The maximum atomic E-state index is 13.4. The molecule has 4 rings (SSSR count). The number of likely N-dealkylation sites (tertiary alicyclic amines) is 2. The molecule has 2 N–H and O–H groups in total. The number of thiophene rings is 1. The van der Waals surface area contributed by atoms with Crippen LogP contribution in [0.5, 0.6) is 0 Å². The van der Waals surface area contributed by atoms with E-state index in [1.165, 1.54) is 17.7 Å². The number of hydrogen-bond donors (Lipinski definition) is 2. The van der Waals surface area contributed by atoms with Crippen molar-refractivity contribution in [1.29, 1.82) is 0 Å². The normalized spacial score (nSPS) is 19.4. The van der Waals surface area contributed by atoms with Crippen molar-refractivity contribution in [1.82, 2.24) is 19.8 Å². The summed E-state index contributed by atoms with van der Waals surface area (Å²) in [7, 11) is 0. The fraction of sp³-hybridized carbons (Fsp3) is 0.636. The zero-order valence-electron chi connectivity index (χ0n) is 18.1. The molecule has 2 saturated heterocycles. The number of hydrogen-bond acceptors (Lipinski definition) is 7. The van der Waals surface area contributed by atoms with Crippen LogP contribution in [0.1, 0.15) is 60.2 Å². The lowest BCUT2D eigenvalue weighted by molar-refractivity contribution is -0.127. The fourth-order valence-corrected chi connectivity index (χ4v) is 5.78. The van der Waals surface area contributed by atoms with Gasteiger partial charge in [0.2, 0.25) is 5.91 Å². The van der Waals surface area contributed by atoms with Crippen LogP contribution in [0.15, 0.2) is 6.33 Å². The van der Waals surface area contributed by atoms with E-state index in [1.807, 2.05) is 16.7 Å². The largest absolute Gasteiger partial charge is 0.396 e. The second-order valence-corrected chi connectivity index (χ2v) is 9.38. The Morgan fingerprint density at radius 3 is 2.94 bits per heavy atom. The summed E-state index contributed by atoms with van der Waals surface area (Å²) in [5.74, 6) is 1.03. The van der Waals surface area contributed by atoms with Crippen molar-refractivity contribution in [3.63, 3.8) is 0 Å². The Balaban J connectivity index is 1.48. The first-order valence-electron chi connectivity index (χ1n) is 11.3. The Morgan fingerprint density at radius 1 is 1.29 bits per heavy atom. The summed E-state index contributed by atoms with van der Waals surface area (Å²) in [5, 5.41) is 13.7. The number of aliphatic hydroxyl groups excluding tert-OH is 1. The standard InChI is InChI=1S/C22H31N5O3S/c1-15-18-20(23-9-5-11-26-10-4-7-17(26)29)24-14-25-21(18)31-19(15)22(30)27-12-3-2-6-16(27)8-13-28/h14,16,28H,2-13H2,1H3,(H,23,24,25). The molecule has 2 aromatic rings. The van der Waals surface area contributed by atoms with Crippen LogP contribution >= 0.6 is 11.3 Å². The van der Waals surface area contributed by atoms with E-state index in [2.05, 4.69) is 15.3 Å². The van der Waals surface area contributed by atoms with Gasteiger partial charge in [-0.1, -0.05) is 0 Å². The minimum Gasteiger partial charge on any atom is -0.396 e. The Hall–Kier alpha value is -2.26. The quantitative estimate of drug-likeness (QED) is 0.606. The average molecular weight is 446 g/mol. The molecule has 0 aromatic carbocycles. The van der Waals surface area contributed by atoms with Gasteiger partial charge in [0, 0.05) is 45.2 Å². The van der Waals surface area contributed by atoms with Crippen molar-refractivity contribution in [2.75, 3.05) is 38.1 Å². The van der Waals surface area contributed by atoms with Gasteiger partial charge in [-0.25, -0.2) is 9.97 Å². The molecule has 31 heavy (non-hydrogen) atoms. The summed E-state index contributed by atoms with van der Waals surface area (Å²) in [6.07, 6.45) is 7.69. The molecule has 2 aromatic heterocycles. The van der Waals surface area contributed by atoms with Gasteiger partial charge in [0.1, 0.15) is 17.0 Å². The van der Waals surface area contributed by atoms with Gasteiger partial charge in [0.15, 0.2) is 0 Å². The van der Waals surface area contributed by atoms with E-state index in [1.54, 1.807) is 0 Å². The highest BCUT2D eigenvalue weighted by molar-refractivity contribution is 7.20. The summed E-state index contributed by atoms with van der Waals surface area (Å²) < 4.78 is 0. The van der Waals surface area contributed by atoms with Crippen LogP contribution in [-0.2, 0) is 4.79 Å². The van der Waals surface area contributed by atoms with Crippen molar-refractivity contribution in [3.8, 4) is 0 Å². The van der Waals surface area contributed by atoms with Gasteiger partial charge < -0.3 is 20.2 Å². The van der Waals surface area contributed by atoms with Gasteiger partial charge >= 0.3 is 0 Å². The third-order valence-corrected chi connectivity index (χ3v) is 7.53. The molecule has 0 bridgehead atoms. The highest BCUT2D eigenvalue weighted by Crippen LogP contribution is 2.35. The Bertz CT molecular complexity index is 945. The SMILES string of the molecule is Cc1c(C(=O)N2CCCCC2CCO)sc2ncnc(NCCCN3CCCC3=O)c12. The lowest BCUT2D eigenvalue weighted by Gasteiger charge is -2.35. The minimum absolute atomic E-state index is 0.0390. The molecule has 0 radical (unpaired) electrons. The minimum atomic E-state index is 0.0390. The first-order valence-corrected chi connectivity index (χ1v) is 12.1. The topological polar surface area (TPSA) is 98.7 Å². The van der Waals surface area contributed by atoms with Crippen molar-refractivity contribution < 1.29 is 14.7 Å². The second-order valence-electron chi connectivity index (χ2n) is 8.38. The summed E-state index contributed by atoms with van der Waals surface area (Å²) >= 11 is 1.42. The lowest BCUT2D eigenvalue weighted by Crippen LogP contribution is -2.44. The molecule has 4 heterocycles. The molecule has 2 aliphatic rings. The summed E-state index contributed by atoms with van der Waals surface area (Å²) in [5.41, 5.74) is 0.913. The number of anilines is 1. The highest BCUT2D eigenvalue weighted by atomic mass is 32.1.